The van der Waals surface area contributed by atoms with Gasteiger partial charge in [0.15, 0.2) is 0 Å². The first-order valence-electron chi connectivity index (χ1n) is 4.27. The van der Waals surface area contributed by atoms with Gasteiger partial charge in [0.1, 0.15) is 6.61 Å². The zero-order valence-corrected chi connectivity index (χ0v) is 8.34. The number of hydrogen-bond acceptors (Lipinski definition) is 4. The molecule has 0 radical (unpaired) electrons. The van der Waals surface area contributed by atoms with Gasteiger partial charge in [0.25, 0.3) is 0 Å². The van der Waals surface area contributed by atoms with E-state index in [2.05, 4.69) is 4.74 Å². The number of esters is 1. The Morgan fingerprint density at radius 3 is 2.25 bits per heavy atom. The highest BCUT2D eigenvalue weighted by molar-refractivity contribution is 6.02. The van der Waals surface area contributed by atoms with Crippen LogP contribution in [0.2, 0.25) is 0 Å². The van der Waals surface area contributed by atoms with E-state index in [-0.39, 0.29) is 29.8 Å². The van der Waals surface area contributed by atoms with Crippen molar-refractivity contribution in [2.45, 2.75) is 0 Å². The molecule has 0 atom stereocenters. The maximum atomic E-state index is 11.3. The van der Waals surface area contributed by atoms with Crippen LogP contribution in [0.3, 0.4) is 0 Å². The molecule has 1 rings (SSSR count). The fourth-order valence-corrected chi connectivity index (χ4v) is 1.06. The number of carbonyl (C=O) groups is 2. The maximum Gasteiger partial charge on any atom is 0.339 e. The second-order valence-corrected chi connectivity index (χ2v) is 2.71. The minimum atomic E-state index is -1.19. The van der Waals surface area contributed by atoms with E-state index < -0.39 is 11.9 Å². The van der Waals surface area contributed by atoms with Crippen molar-refractivity contribution < 1.29 is 30.0 Å². The van der Waals surface area contributed by atoms with Crippen molar-refractivity contribution in [2.75, 3.05) is 13.2 Å². The van der Waals surface area contributed by atoms with Gasteiger partial charge in [0.2, 0.25) is 0 Å². The highest BCUT2D eigenvalue weighted by Crippen LogP contribution is 2.10. The van der Waals surface area contributed by atoms with Crippen LogP contribution in [0.4, 0.5) is 0 Å². The summed E-state index contributed by atoms with van der Waals surface area (Å²) in [6.07, 6.45) is 0. The Balaban J connectivity index is 0.00000225. The number of aromatic carboxylic acids is 1. The molecule has 88 valence electrons. The topological polar surface area (TPSA) is 115 Å². The monoisotopic (exact) mass is 228 g/mol. The molecular weight excluding hydrogens is 216 g/mol. The summed E-state index contributed by atoms with van der Waals surface area (Å²) < 4.78 is 4.62. The van der Waals surface area contributed by atoms with Crippen molar-refractivity contribution in [2.24, 2.45) is 0 Å². The van der Waals surface area contributed by atoms with Gasteiger partial charge in [-0.15, -0.1) is 0 Å². The van der Waals surface area contributed by atoms with Crippen LogP contribution in [-0.4, -0.2) is 40.8 Å². The van der Waals surface area contributed by atoms with Crippen LogP contribution in [0, 0.1) is 0 Å². The number of carboxylic acids is 1. The normalized spacial score (nSPS) is 9.06. The van der Waals surface area contributed by atoms with Gasteiger partial charge in [0, 0.05) is 0 Å². The van der Waals surface area contributed by atoms with Crippen LogP contribution in [-0.2, 0) is 4.74 Å². The van der Waals surface area contributed by atoms with E-state index in [1.54, 1.807) is 6.07 Å². The van der Waals surface area contributed by atoms with E-state index in [4.69, 9.17) is 10.2 Å². The van der Waals surface area contributed by atoms with E-state index in [9.17, 15) is 9.59 Å². The number of ether oxygens (including phenoxy) is 1. The van der Waals surface area contributed by atoms with Gasteiger partial charge >= 0.3 is 11.9 Å². The predicted octanol–water partition coefficient (Wildman–Crippen LogP) is -0.291. The van der Waals surface area contributed by atoms with Crippen molar-refractivity contribution in [3.8, 4) is 0 Å². The van der Waals surface area contributed by atoms with Crippen molar-refractivity contribution in [1.82, 2.24) is 0 Å². The molecule has 0 unspecified atom stereocenters. The van der Waals surface area contributed by atoms with E-state index >= 15 is 0 Å². The summed E-state index contributed by atoms with van der Waals surface area (Å²) >= 11 is 0. The van der Waals surface area contributed by atoms with Crippen LogP contribution < -0.4 is 0 Å². The Morgan fingerprint density at radius 2 is 1.75 bits per heavy atom. The number of benzene rings is 1. The molecule has 16 heavy (non-hydrogen) atoms. The first-order chi connectivity index (χ1) is 7.16. The Kier molecular flexibility index (Phi) is 5.76. The van der Waals surface area contributed by atoms with Crippen molar-refractivity contribution in [1.29, 1.82) is 0 Å². The summed E-state index contributed by atoms with van der Waals surface area (Å²) in [6, 6.07) is 5.75. The Morgan fingerprint density at radius 1 is 1.19 bits per heavy atom. The molecular formula is C10H12O6. The Labute approximate surface area is 91.4 Å². The zero-order chi connectivity index (χ0) is 11.3. The van der Waals surface area contributed by atoms with E-state index in [1.807, 2.05) is 0 Å². The molecule has 0 aliphatic rings. The molecule has 0 amide bonds. The van der Waals surface area contributed by atoms with E-state index in [0.29, 0.717) is 0 Å². The Bertz CT molecular complexity index is 373. The predicted molar refractivity (Wildman–Crippen MR) is 54.4 cm³/mol. The first kappa shape index (κ1) is 14.1. The smallest absolute Gasteiger partial charge is 0.339 e. The molecule has 0 aliphatic heterocycles. The fourth-order valence-electron chi connectivity index (χ4n) is 1.06. The number of rotatable bonds is 4. The molecule has 1 aromatic rings. The second-order valence-electron chi connectivity index (χ2n) is 2.71. The minimum absolute atomic E-state index is 0. The second kappa shape index (κ2) is 6.54. The number of aliphatic hydroxyl groups is 1. The lowest BCUT2D eigenvalue weighted by atomic mass is 10.1. The van der Waals surface area contributed by atoms with Gasteiger partial charge < -0.3 is 20.4 Å². The lowest BCUT2D eigenvalue weighted by molar-refractivity contribution is 0.0426. The van der Waals surface area contributed by atoms with E-state index in [0.717, 1.165) is 0 Å². The summed E-state index contributed by atoms with van der Waals surface area (Å²) in [5.74, 6) is -1.94. The standard InChI is InChI=1S/C10H10O5.H2O/c11-5-6-15-10(14)8-4-2-1-3-7(8)9(12)13;/h1-4,11H,5-6H2,(H,12,13);1H2. The average Bonchev–Trinajstić information content (AvgIpc) is 2.25. The van der Waals surface area contributed by atoms with Crippen LogP contribution in [0.1, 0.15) is 20.7 Å². The summed E-state index contributed by atoms with van der Waals surface area (Å²) in [4.78, 5) is 22.1. The number of carboxylic acid groups (broad SMARTS) is 1. The molecule has 0 aliphatic carbocycles. The molecule has 0 aromatic heterocycles. The third-order valence-corrected chi connectivity index (χ3v) is 1.70. The zero-order valence-electron chi connectivity index (χ0n) is 8.34. The minimum Gasteiger partial charge on any atom is -0.478 e. The highest BCUT2D eigenvalue weighted by Gasteiger charge is 2.16. The molecule has 6 heteroatoms. The molecule has 0 saturated carbocycles. The summed E-state index contributed by atoms with van der Waals surface area (Å²) in [6.45, 7) is -0.437. The third kappa shape index (κ3) is 3.34. The van der Waals surface area contributed by atoms with Crippen LogP contribution in [0.15, 0.2) is 24.3 Å². The summed E-state index contributed by atoms with van der Waals surface area (Å²) in [7, 11) is 0. The van der Waals surface area contributed by atoms with Gasteiger partial charge in [-0.1, -0.05) is 12.1 Å². The van der Waals surface area contributed by atoms with Crippen LogP contribution >= 0.6 is 0 Å². The molecule has 0 heterocycles. The molecule has 0 fully saturated rings. The third-order valence-electron chi connectivity index (χ3n) is 1.70. The van der Waals surface area contributed by atoms with Gasteiger partial charge in [0.05, 0.1) is 17.7 Å². The quantitative estimate of drug-likeness (QED) is 0.687. The highest BCUT2D eigenvalue weighted by atomic mass is 16.5. The lowest BCUT2D eigenvalue weighted by Gasteiger charge is -2.05. The molecule has 0 saturated heterocycles. The lowest BCUT2D eigenvalue weighted by Crippen LogP contribution is -2.13. The average molecular weight is 228 g/mol. The number of hydrogen-bond donors (Lipinski definition) is 2. The Hall–Kier alpha value is -1.92. The van der Waals surface area contributed by atoms with Gasteiger partial charge in [-0.3, -0.25) is 0 Å². The van der Waals surface area contributed by atoms with E-state index in [1.165, 1.54) is 18.2 Å². The van der Waals surface area contributed by atoms with Crippen molar-refractivity contribution in [3.05, 3.63) is 35.4 Å². The largest absolute Gasteiger partial charge is 0.478 e. The van der Waals surface area contributed by atoms with Gasteiger partial charge in [-0.05, 0) is 12.1 Å². The molecule has 1 aromatic carbocycles. The molecule has 6 nitrogen and oxygen atoms in total. The van der Waals surface area contributed by atoms with Crippen LogP contribution in [0.5, 0.6) is 0 Å². The molecule has 0 bridgehead atoms. The van der Waals surface area contributed by atoms with Crippen molar-refractivity contribution in [3.63, 3.8) is 0 Å². The summed E-state index contributed by atoms with van der Waals surface area (Å²) in [5, 5.41) is 17.2. The SMILES string of the molecule is O.O=C(O)c1ccccc1C(=O)OCCO. The molecule has 4 N–H and O–H groups in total. The first-order valence-corrected chi connectivity index (χ1v) is 4.27. The van der Waals surface area contributed by atoms with Crippen molar-refractivity contribution >= 4 is 11.9 Å². The van der Waals surface area contributed by atoms with Gasteiger partial charge in [-0.2, -0.15) is 0 Å². The summed E-state index contributed by atoms with van der Waals surface area (Å²) in [5.41, 5.74) is -0.126. The maximum absolute atomic E-state index is 11.3. The fraction of sp³-hybridized carbons (Fsp3) is 0.200. The van der Waals surface area contributed by atoms with Crippen LogP contribution in [0.25, 0.3) is 0 Å². The number of aliphatic hydroxyl groups excluding tert-OH is 1. The number of carbonyl (C=O) groups excluding carboxylic acids is 1. The molecule has 0 spiro atoms. The van der Waals surface area contributed by atoms with Gasteiger partial charge in [-0.25, -0.2) is 9.59 Å².